The molecule has 3 heteroatoms. The third kappa shape index (κ3) is 4.67. The molecule has 0 aliphatic rings. The molecule has 0 aromatic heterocycles. The number of hydrogen-bond acceptors (Lipinski definition) is 3. The van der Waals surface area contributed by atoms with Crippen LogP contribution in [-0.4, -0.2) is 25.8 Å². The van der Waals surface area contributed by atoms with Crippen LogP contribution in [0, 0.1) is 5.41 Å². The van der Waals surface area contributed by atoms with E-state index in [0.29, 0.717) is 12.2 Å². The zero-order valence-corrected chi connectivity index (χ0v) is 12.5. The standard InChI is InChI=1S/C16H24O3/c1-6-12-7-9-13(10-8-12)15(17)19-14(11-18-5)16(2,3)4/h7-10,14H,6,11H2,1-5H3. The maximum Gasteiger partial charge on any atom is 0.338 e. The van der Waals surface area contributed by atoms with Crippen LogP contribution in [0.4, 0.5) is 0 Å². The summed E-state index contributed by atoms with van der Waals surface area (Å²) >= 11 is 0. The molecule has 0 amide bonds. The Morgan fingerprint density at radius 3 is 2.21 bits per heavy atom. The van der Waals surface area contributed by atoms with Crippen molar-refractivity contribution in [3.63, 3.8) is 0 Å². The monoisotopic (exact) mass is 264 g/mol. The lowest BCUT2D eigenvalue weighted by molar-refractivity contribution is -0.0351. The lowest BCUT2D eigenvalue weighted by Gasteiger charge is -2.29. The number of carbonyl (C=O) groups excluding carboxylic acids is 1. The Labute approximate surface area is 115 Å². The van der Waals surface area contributed by atoms with Gasteiger partial charge in [-0.15, -0.1) is 0 Å². The van der Waals surface area contributed by atoms with E-state index in [0.717, 1.165) is 6.42 Å². The van der Waals surface area contributed by atoms with Crippen LogP contribution in [0.25, 0.3) is 0 Å². The molecule has 0 saturated carbocycles. The number of carbonyl (C=O) groups is 1. The molecule has 1 atom stereocenters. The van der Waals surface area contributed by atoms with Crippen LogP contribution in [0.2, 0.25) is 0 Å². The molecule has 3 nitrogen and oxygen atoms in total. The highest BCUT2D eigenvalue weighted by Crippen LogP contribution is 2.23. The molecule has 1 unspecified atom stereocenters. The van der Waals surface area contributed by atoms with Gasteiger partial charge in [0.1, 0.15) is 6.10 Å². The van der Waals surface area contributed by atoms with Gasteiger partial charge in [0.2, 0.25) is 0 Å². The summed E-state index contributed by atoms with van der Waals surface area (Å²) < 4.78 is 10.7. The second-order valence-corrected chi connectivity index (χ2v) is 5.77. The summed E-state index contributed by atoms with van der Waals surface area (Å²) in [6, 6.07) is 7.54. The Kier molecular flexibility index (Phi) is 5.55. The summed E-state index contributed by atoms with van der Waals surface area (Å²) in [6.45, 7) is 8.59. The Hall–Kier alpha value is -1.35. The molecule has 0 aliphatic heterocycles. The molecule has 0 heterocycles. The van der Waals surface area contributed by atoms with Gasteiger partial charge in [-0.1, -0.05) is 39.8 Å². The van der Waals surface area contributed by atoms with Crippen molar-refractivity contribution in [2.24, 2.45) is 5.41 Å². The minimum atomic E-state index is -0.292. The van der Waals surface area contributed by atoms with Gasteiger partial charge in [0.25, 0.3) is 0 Å². The predicted octanol–water partition coefficient (Wildman–Crippen LogP) is 3.47. The van der Waals surface area contributed by atoms with Gasteiger partial charge in [0.05, 0.1) is 12.2 Å². The highest BCUT2D eigenvalue weighted by atomic mass is 16.6. The van der Waals surface area contributed by atoms with Crippen molar-refractivity contribution < 1.29 is 14.3 Å². The van der Waals surface area contributed by atoms with E-state index in [2.05, 4.69) is 6.92 Å². The first-order chi connectivity index (χ1) is 8.88. The number of ether oxygens (including phenoxy) is 2. The Bertz CT molecular complexity index is 401. The molecule has 1 rings (SSSR count). The van der Waals surface area contributed by atoms with Crippen molar-refractivity contribution in [3.05, 3.63) is 35.4 Å². The van der Waals surface area contributed by atoms with Crippen molar-refractivity contribution in [3.8, 4) is 0 Å². The van der Waals surface area contributed by atoms with Crippen molar-refractivity contribution in [1.82, 2.24) is 0 Å². The van der Waals surface area contributed by atoms with Gasteiger partial charge < -0.3 is 9.47 Å². The number of rotatable bonds is 5. The fourth-order valence-corrected chi connectivity index (χ4v) is 1.69. The van der Waals surface area contributed by atoms with Crippen molar-refractivity contribution in [2.75, 3.05) is 13.7 Å². The van der Waals surface area contributed by atoms with Gasteiger partial charge >= 0.3 is 5.97 Å². The molecule has 0 aliphatic carbocycles. The Morgan fingerprint density at radius 1 is 1.21 bits per heavy atom. The minimum Gasteiger partial charge on any atom is -0.456 e. The van der Waals surface area contributed by atoms with E-state index < -0.39 is 0 Å². The number of esters is 1. The summed E-state index contributed by atoms with van der Waals surface area (Å²) in [5.74, 6) is -0.292. The topological polar surface area (TPSA) is 35.5 Å². The van der Waals surface area contributed by atoms with E-state index in [1.165, 1.54) is 5.56 Å². The van der Waals surface area contributed by atoms with Gasteiger partial charge in [-0.2, -0.15) is 0 Å². The van der Waals surface area contributed by atoms with E-state index in [9.17, 15) is 4.79 Å². The third-order valence-corrected chi connectivity index (χ3v) is 3.13. The molecular formula is C16H24O3. The van der Waals surface area contributed by atoms with E-state index in [-0.39, 0.29) is 17.5 Å². The van der Waals surface area contributed by atoms with Crippen molar-refractivity contribution in [2.45, 2.75) is 40.2 Å². The molecule has 19 heavy (non-hydrogen) atoms. The van der Waals surface area contributed by atoms with Crippen LogP contribution in [0.3, 0.4) is 0 Å². The second-order valence-electron chi connectivity index (χ2n) is 5.77. The van der Waals surface area contributed by atoms with Gasteiger partial charge in [-0.25, -0.2) is 4.79 Å². The van der Waals surface area contributed by atoms with E-state index in [1.54, 1.807) is 7.11 Å². The highest BCUT2D eigenvalue weighted by molar-refractivity contribution is 5.89. The second kappa shape index (κ2) is 6.71. The molecule has 0 bridgehead atoms. The zero-order valence-electron chi connectivity index (χ0n) is 12.5. The first-order valence-electron chi connectivity index (χ1n) is 6.67. The van der Waals surface area contributed by atoms with Crippen LogP contribution in [0.15, 0.2) is 24.3 Å². The molecule has 1 aromatic carbocycles. The zero-order chi connectivity index (χ0) is 14.5. The van der Waals surface area contributed by atoms with E-state index in [1.807, 2.05) is 45.0 Å². The smallest absolute Gasteiger partial charge is 0.338 e. The predicted molar refractivity (Wildman–Crippen MR) is 76.4 cm³/mol. The molecule has 1 aromatic rings. The molecule has 0 saturated heterocycles. The average Bonchev–Trinajstić information content (AvgIpc) is 2.37. The number of benzene rings is 1. The fraction of sp³-hybridized carbons (Fsp3) is 0.562. The summed E-state index contributed by atoms with van der Waals surface area (Å²) in [5.41, 5.74) is 1.65. The van der Waals surface area contributed by atoms with E-state index >= 15 is 0 Å². The maximum absolute atomic E-state index is 12.1. The summed E-state index contributed by atoms with van der Waals surface area (Å²) in [5, 5.41) is 0. The number of aryl methyl sites for hydroxylation is 1. The van der Waals surface area contributed by atoms with Crippen molar-refractivity contribution in [1.29, 1.82) is 0 Å². The lowest BCUT2D eigenvalue weighted by atomic mass is 9.89. The van der Waals surface area contributed by atoms with Gasteiger partial charge in [-0.05, 0) is 24.1 Å². The van der Waals surface area contributed by atoms with Gasteiger partial charge in [0, 0.05) is 12.5 Å². The quantitative estimate of drug-likeness (QED) is 0.764. The van der Waals surface area contributed by atoms with Crippen LogP contribution in [-0.2, 0) is 15.9 Å². The molecule has 0 fully saturated rings. The molecule has 0 spiro atoms. The van der Waals surface area contributed by atoms with Crippen LogP contribution >= 0.6 is 0 Å². The number of methoxy groups -OCH3 is 1. The first kappa shape index (κ1) is 15.7. The average molecular weight is 264 g/mol. The Balaban J connectivity index is 2.75. The van der Waals surface area contributed by atoms with Crippen molar-refractivity contribution >= 4 is 5.97 Å². The highest BCUT2D eigenvalue weighted by Gasteiger charge is 2.28. The summed E-state index contributed by atoms with van der Waals surface area (Å²) in [6.07, 6.45) is 0.708. The summed E-state index contributed by atoms with van der Waals surface area (Å²) in [4.78, 5) is 12.1. The summed E-state index contributed by atoms with van der Waals surface area (Å²) in [7, 11) is 1.61. The van der Waals surface area contributed by atoms with E-state index in [4.69, 9.17) is 9.47 Å². The first-order valence-corrected chi connectivity index (χ1v) is 6.67. The molecule has 106 valence electrons. The minimum absolute atomic E-state index is 0.144. The fourth-order valence-electron chi connectivity index (χ4n) is 1.69. The molecular weight excluding hydrogens is 240 g/mol. The molecule has 0 N–H and O–H groups in total. The normalized spacial score (nSPS) is 13.1. The lowest BCUT2D eigenvalue weighted by Crippen LogP contribution is -2.35. The van der Waals surface area contributed by atoms with Gasteiger partial charge in [-0.3, -0.25) is 0 Å². The maximum atomic E-state index is 12.1. The third-order valence-electron chi connectivity index (χ3n) is 3.13. The number of hydrogen-bond donors (Lipinski definition) is 0. The Morgan fingerprint density at radius 2 is 1.79 bits per heavy atom. The van der Waals surface area contributed by atoms with Crippen LogP contribution < -0.4 is 0 Å². The van der Waals surface area contributed by atoms with Gasteiger partial charge in [0.15, 0.2) is 0 Å². The molecule has 0 radical (unpaired) electrons. The van der Waals surface area contributed by atoms with Crippen LogP contribution in [0.1, 0.15) is 43.6 Å². The SMILES string of the molecule is CCc1ccc(C(=O)OC(COC)C(C)(C)C)cc1. The van der Waals surface area contributed by atoms with Crippen LogP contribution in [0.5, 0.6) is 0 Å². The largest absolute Gasteiger partial charge is 0.456 e.